The van der Waals surface area contributed by atoms with E-state index >= 15 is 0 Å². The number of carbonyl (C=O) groups is 2. The number of rotatable bonds is 6. The lowest BCUT2D eigenvalue weighted by Crippen LogP contribution is -2.49. The minimum atomic E-state index is -0.407. The normalized spacial score (nSPS) is 21.5. The number of carbonyl (C=O) groups excluding carboxylic acids is 2. The highest BCUT2D eigenvalue weighted by Crippen LogP contribution is 2.08. The number of hydrogen-bond acceptors (Lipinski definition) is 4. The van der Waals surface area contributed by atoms with Crippen molar-refractivity contribution in [3.05, 3.63) is 18.5 Å². The molecule has 2 rings (SSSR count). The molecule has 7 heteroatoms. The van der Waals surface area contributed by atoms with Crippen LogP contribution in [0.15, 0.2) is 18.5 Å². The average molecular weight is 307 g/mol. The van der Waals surface area contributed by atoms with Crippen molar-refractivity contribution in [2.75, 3.05) is 13.1 Å². The van der Waals surface area contributed by atoms with E-state index < -0.39 is 6.04 Å². The molecule has 2 amide bonds. The van der Waals surface area contributed by atoms with Crippen molar-refractivity contribution >= 4 is 11.8 Å². The van der Waals surface area contributed by atoms with Gasteiger partial charge in [-0.1, -0.05) is 0 Å². The monoisotopic (exact) mass is 307 g/mol. The summed E-state index contributed by atoms with van der Waals surface area (Å²) in [6.45, 7) is 4.94. The van der Waals surface area contributed by atoms with Gasteiger partial charge in [0, 0.05) is 25.0 Å². The third-order valence-corrected chi connectivity index (χ3v) is 4.12. The molecule has 3 unspecified atom stereocenters. The first kappa shape index (κ1) is 16.5. The van der Waals surface area contributed by atoms with Crippen molar-refractivity contribution in [1.29, 1.82) is 0 Å². The highest BCUT2D eigenvalue weighted by Gasteiger charge is 2.22. The van der Waals surface area contributed by atoms with Crippen LogP contribution in [0.1, 0.15) is 39.2 Å². The fourth-order valence-electron chi connectivity index (χ4n) is 2.50. The van der Waals surface area contributed by atoms with Gasteiger partial charge in [-0.25, -0.2) is 0 Å². The lowest BCUT2D eigenvalue weighted by molar-refractivity contribution is -0.128. The van der Waals surface area contributed by atoms with Crippen molar-refractivity contribution in [2.45, 2.75) is 51.2 Å². The van der Waals surface area contributed by atoms with Crippen LogP contribution in [0.25, 0.3) is 0 Å². The summed E-state index contributed by atoms with van der Waals surface area (Å²) in [4.78, 5) is 23.8. The van der Waals surface area contributed by atoms with Crippen LogP contribution >= 0.6 is 0 Å². The third kappa shape index (κ3) is 4.56. The first-order valence-corrected chi connectivity index (χ1v) is 7.87. The summed E-state index contributed by atoms with van der Waals surface area (Å²) in [5, 5.41) is 13.0. The van der Waals surface area contributed by atoms with E-state index in [4.69, 9.17) is 0 Å². The van der Waals surface area contributed by atoms with Crippen LogP contribution in [0.3, 0.4) is 0 Å². The van der Waals surface area contributed by atoms with Gasteiger partial charge in [-0.05, 0) is 39.2 Å². The zero-order chi connectivity index (χ0) is 15.9. The summed E-state index contributed by atoms with van der Waals surface area (Å²) < 4.78 is 1.86. The zero-order valence-corrected chi connectivity index (χ0v) is 13.2. The van der Waals surface area contributed by atoms with Gasteiger partial charge in [0.1, 0.15) is 6.04 Å². The van der Waals surface area contributed by atoms with Crippen molar-refractivity contribution in [2.24, 2.45) is 0 Å². The highest BCUT2D eigenvalue weighted by molar-refractivity contribution is 5.88. The predicted octanol–water partition coefficient (Wildman–Crippen LogP) is 0.207. The summed E-state index contributed by atoms with van der Waals surface area (Å²) in [6, 6.07) is 1.70. The lowest BCUT2D eigenvalue weighted by Gasteiger charge is -2.22. The highest BCUT2D eigenvalue weighted by atomic mass is 16.2. The zero-order valence-electron chi connectivity index (χ0n) is 13.2. The molecular weight excluding hydrogens is 282 g/mol. The second-order valence-corrected chi connectivity index (χ2v) is 5.80. The fraction of sp³-hybridized carbons (Fsp3) is 0.667. The Labute approximate surface area is 130 Å². The number of nitrogens with one attached hydrogen (secondary N) is 3. The van der Waals surface area contributed by atoms with Crippen LogP contribution in [-0.2, 0) is 9.59 Å². The molecule has 0 aromatic carbocycles. The van der Waals surface area contributed by atoms with E-state index in [2.05, 4.69) is 21.0 Å². The van der Waals surface area contributed by atoms with Crippen molar-refractivity contribution in [1.82, 2.24) is 25.7 Å². The molecule has 0 saturated carbocycles. The van der Waals surface area contributed by atoms with E-state index in [0.29, 0.717) is 13.0 Å². The molecule has 22 heavy (non-hydrogen) atoms. The molecule has 0 bridgehead atoms. The summed E-state index contributed by atoms with van der Waals surface area (Å²) in [5.41, 5.74) is 0. The van der Waals surface area contributed by atoms with Gasteiger partial charge in [-0.2, -0.15) is 5.10 Å². The van der Waals surface area contributed by atoms with E-state index in [1.807, 2.05) is 30.8 Å². The van der Waals surface area contributed by atoms with Crippen LogP contribution in [-0.4, -0.2) is 46.8 Å². The standard InChI is InChI=1S/C15H25N5O2/c1-11(12(2)20-9-5-8-18-20)17-10-14(21)19-13-6-3-4-7-16-15(13)22/h5,8-9,11-13,17H,3-4,6-7,10H2,1-2H3,(H,16,22)(H,19,21). The van der Waals surface area contributed by atoms with Gasteiger partial charge in [-0.3, -0.25) is 14.3 Å². The molecule has 1 aromatic rings. The van der Waals surface area contributed by atoms with Gasteiger partial charge < -0.3 is 16.0 Å². The van der Waals surface area contributed by atoms with Crippen molar-refractivity contribution < 1.29 is 9.59 Å². The van der Waals surface area contributed by atoms with Gasteiger partial charge >= 0.3 is 0 Å². The SMILES string of the molecule is CC(NCC(=O)NC1CCCCNC1=O)C(C)n1cccn1. The average Bonchev–Trinajstić information content (AvgIpc) is 2.97. The molecular formula is C15H25N5O2. The fourth-order valence-corrected chi connectivity index (χ4v) is 2.50. The van der Waals surface area contributed by atoms with E-state index in [0.717, 1.165) is 12.8 Å². The molecule has 7 nitrogen and oxygen atoms in total. The Hall–Kier alpha value is -1.89. The lowest BCUT2D eigenvalue weighted by atomic mass is 10.1. The Balaban J connectivity index is 1.76. The van der Waals surface area contributed by atoms with Gasteiger partial charge in [-0.15, -0.1) is 0 Å². The third-order valence-electron chi connectivity index (χ3n) is 4.12. The first-order chi connectivity index (χ1) is 10.6. The van der Waals surface area contributed by atoms with E-state index in [1.165, 1.54) is 0 Å². The quantitative estimate of drug-likeness (QED) is 0.701. The van der Waals surface area contributed by atoms with E-state index in [9.17, 15) is 9.59 Å². The maximum Gasteiger partial charge on any atom is 0.242 e. The summed E-state index contributed by atoms with van der Waals surface area (Å²) in [6.07, 6.45) is 6.26. The van der Waals surface area contributed by atoms with Crippen LogP contribution in [0, 0.1) is 0 Å². The second-order valence-electron chi connectivity index (χ2n) is 5.80. The maximum atomic E-state index is 12.0. The van der Waals surface area contributed by atoms with Crippen LogP contribution in [0.2, 0.25) is 0 Å². The maximum absolute atomic E-state index is 12.0. The molecule has 0 radical (unpaired) electrons. The Morgan fingerprint density at radius 3 is 3.05 bits per heavy atom. The Morgan fingerprint density at radius 1 is 1.50 bits per heavy atom. The summed E-state index contributed by atoms with van der Waals surface area (Å²) in [7, 11) is 0. The first-order valence-electron chi connectivity index (χ1n) is 7.87. The molecule has 3 atom stereocenters. The number of amides is 2. The molecule has 1 aliphatic heterocycles. The molecule has 0 spiro atoms. The van der Waals surface area contributed by atoms with Gasteiger partial charge in [0.25, 0.3) is 0 Å². The molecule has 3 N–H and O–H groups in total. The van der Waals surface area contributed by atoms with Crippen molar-refractivity contribution in [3.63, 3.8) is 0 Å². The summed E-state index contributed by atoms with van der Waals surface area (Å²) in [5.74, 6) is -0.231. The smallest absolute Gasteiger partial charge is 0.242 e. The number of aromatic nitrogens is 2. The molecule has 122 valence electrons. The molecule has 1 saturated heterocycles. The van der Waals surface area contributed by atoms with Gasteiger partial charge in [0.15, 0.2) is 0 Å². The largest absolute Gasteiger partial charge is 0.354 e. The van der Waals surface area contributed by atoms with E-state index in [1.54, 1.807) is 6.20 Å². The van der Waals surface area contributed by atoms with Gasteiger partial charge in [0.2, 0.25) is 11.8 Å². The molecule has 1 aromatic heterocycles. The molecule has 1 fully saturated rings. The van der Waals surface area contributed by atoms with Crippen LogP contribution in [0.4, 0.5) is 0 Å². The molecule has 0 aliphatic carbocycles. The minimum Gasteiger partial charge on any atom is -0.354 e. The molecule has 1 aliphatic rings. The Morgan fingerprint density at radius 2 is 2.32 bits per heavy atom. The number of nitrogens with zero attached hydrogens (tertiary/aromatic N) is 2. The van der Waals surface area contributed by atoms with E-state index in [-0.39, 0.29) is 30.4 Å². The Bertz CT molecular complexity index is 488. The Kier molecular flexibility index (Phi) is 5.94. The second kappa shape index (κ2) is 7.93. The minimum absolute atomic E-state index is 0.0798. The van der Waals surface area contributed by atoms with Crippen LogP contribution < -0.4 is 16.0 Å². The van der Waals surface area contributed by atoms with Gasteiger partial charge in [0.05, 0.1) is 12.6 Å². The topological polar surface area (TPSA) is 88.0 Å². The van der Waals surface area contributed by atoms with Crippen LogP contribution in [0.5, 0.6) is 0 Å². The predicted molar refractivity (Wildman–Crippen MR) is 83.2 cm³/mol. The van der Waals surface area contributed by atoms with Crippen molar-refractivity contribution in [3.8, 4) is 0 Å². The number of hydrogen-bond donors (Lipinski definition) is 3. The summed E-state index contributed by atoms with van der Waals surface area (Å²) >= 11 is 0. The molecule has 2 heterocycles.